The average molecular weight is 1290 g/mol. The number of benzene rings is 3. The molecule has 0 saturated carbocycles. The van der Waals surface area contributed by atoms with Crippen LogP contribution in [0.1, 0.15) is 122 Å². The second-order valence-electron chi connectivity index (χ2n) is 25.7. The van der Waals surface area contributed by atoms with Gasteiger partial charge < -0.3 is 48.8 Å². The smallest absolute Gasteiger partial charge is 0.336 e. The van der Waals surface area contributed by atoms with Gasteiger partial charge in [-0.3, -0.25) is 24.3 Å². The molecule has 3 aromatic carbocycles. The first kappa shape index (κ1) is 62.6. The van der Waals surface area contributed by atoms with Crippen LogP contribution in [-0.4, -0.2) is 213 Å². The van der Waals surface area contributed by atoms with E-state index >= 15 is 0 Å². The highest BCUT2D eigenvalue weighted by molar-refractivity contribution is 7.88. The summed E-state index contributed by atoms with van der Waals surface area (Å²) in [4.78, 5) is 38.1. The number of aliphatic carboxylic acids is 3. The quantitative estimate of drug-likeness (QED) is 0.247. The normalized spacial score (nSPS) is 28.8. The summed E-state index contributed by atoms with van der Waals surface area (Å²) in [6.45, 7) is 8.98. The Kier molecular flexibility index (Phi) is 17.5. The van der Waals surface area contributed by atoms with E-state index in [4.69, 9.17) is 48.8 Å². The molecule has 0 spiro atoms. The Morgan fingerprint density at radius 3 is 0.977 bits per heavy atom. The van der Waals surface area contributed by atoms with Gasteiger partial charge in [-0.15, -0.1) is 0 Å². The van der Waals surface area contributed by atoms with E-state index in [2.05, 4.69) is 51.1 Å². The molecule has 482 valence electrons. The number of carbonyl (C=O) groups is 3. The molecular formula is C60H80N6O19S3. The van der Waals surface area contributed by atoms with E-state index in [9.17, 15) is 39.6 Å². The van der Waals surface area contributed by atoms with Crippen LogP contribution in [0, 0.1) is 17.8 Å². The number of nitrogens with zero attached hydrogens (tertiary/aromatic N) is 6. The molecule has 0 amide bonds. The third kappa shape index (κ3) is 12.8. The molecule has 6 fully saturated rings. The number of carboxylic acids is 3. The molecule has 0 unspecified atom stereocenters. The fourth-order valence-corrected chi connectivity index (χ4v) is 20.0. The summed E-state index contributed by atoms with van der Waals surface area (Å²) in [6.07, 6.45) is 13.8. The van der Waals surface area contributed by atoms with Gasteiger partial charge in [-0.05, 0) is 165 Å². The van der Waals surface area contributed by atoms with Crippen molar-refractivity contribution in [3.8, 4) is 34.5 Å². The molecule has 9 atom stereocenters. The van der Waals surface area contributed by atoms with Crippen LogP contribution in [0.2, 0.25) is 0 Å². The lowest BCUT2D eigenvalue weighted by Gasteiger charge is -2.51. The van der Waals surface area contributed by atoms with Crippen LogP contribution in [0.3, 0.4) is 0 Å². The van der Waals surface area contributed by atoms with Crippen molar-refractivity contribution in [1.82, 2.24) is 27.6 Å². The lowest BCUT2D eigenvalue weighted by molar-refractivity contribution is -0.170. The van der Waals surface area contributed by atoms with Crippen molar-refractivity contribution < 1.29 is 88.5 Å². The fourth-order valence-electron chi connectivity index (χ4n) is 16.3. The van der Waals surface area contributed by atoms with Gasteiger partial charge in [-0.2, -0.15) is 12.9 Å². The lowest BCUT2D eigenvalue weighted by Crippen LogP contribution is -2.57. The van der Waals surface area contributed by atoms with Gasteiger partial charge in [0, 0.05) is 95.2 Å². The zero-order valence-corrected chi connectivity index (χ0v) is 52.3. The Bertz CT molecular complexity index is 3220. The van der Waals surface area contributed by atoms with Crippen LogP contribution in [0.15, 0.2) is 36.4 Å². The molecule has 12 aliphatic heterocycles. The number of rotatable bonds is 8. The summed E-state index contributed by atoms with van der Waals surface area (Å²) in [6, 6.07) is 14.0. The molecule has 6 saturated heterocycles. The van der Waals surface area contributed by atoms with Gasteiger partial charge in [0.1, 0.15) is 0 Å². The van der Waals surface area contributed by atoms with Crippen LogP contribution in [0.5, 0.6) is 34.5 Å². The molecule has 3 aromatic rings. The minimum atomic E-state index is -3.15. The number of ether oxygens (including phenoxy) is 6. The third-order valence-electron chi connectivity index (χ3n) is 20.3. The number of hydrogen-bond donors (Lipinski definition) is 4. The number of sulfonamides is 3. The molecule has 15 rings (SSSR count). The molecule has 25 nitrogen and oxygen atoms in total. The number of aliphatic hydroxyl groups is 1. The maximum Gasteiger partial charge on any atom is 0.336 e. The number of hydrogen-bond acceptors (Lipinski definition) is 19. The van der Waals surface area contributed by atoms with Crippen molar-refractivity contribution >= 4 is 48.0 Å². The summed E-state index contributed by atoms with van der Waals surface area (Å²) in [5.41, 5.74) is 5.13. The van der Waals surface area contributed by atoms with Crippen molar-refractivity contribution in [1.29, 1.82) is 0 Å². The molecule has 0 aromatic heterocycles. The Morgan fingerprint density at radius 2 is 0.727 bits per heavy atom. The molecule has 0 bridgehead atoms. The second kappa shape index (κ2) is 24.6. The van der Waals surface area contributed by atoms with E-state index < -0.39 is 66.4 Å². The van der Waals surface area contributed by atoms with Gasteiger partial charge in [0.2, 0.25) is 50.4 Å². The largest absolute Gasteiger partial charge is 0.481 e. The molecule has 0 radical (unpaired) electrons. The molecule has 12 aliphatic rings. The summed E-state index contributed by atoms with van der Waals surface area (Å²) in [7, 11) is -9.45. The average Bonchev–Trinajstić information content (AvgIpc) is 1.40. The van der Waals surface area contributed by atoms with Gasteiger partial charge in [-0.25, -0.2) is 30.0 Å². The molecule has 0 aliphatic carbocycles. The van der Waals surface area contributed by atoms with Crippen molar-refractivity contribution in [3.63, 3.8) is 0 Å². The number of carboxylic acid groups (broad SMARTS) is 3. The van der Waals surface area contributed by atoms with Crippen LogP contribution in [-0.2, 0) is 63.7 Å². The molecule has 88 heavy (non-hydrogen) atoms. The summed E-state index contributed by atoms with van der Waals surface area (Å²) >= 11 is 0. The first-order valence-electron chi connectivity index (χ1n) is 30.6. The molecular weight excluding hydrogens is 1200 g/mol. The van der Waals surface area contributed by atoms with E-state index in [-0.39, 0.29) is 36.3 Å². The predicted octanol–water partition coefficient (Wildman–Crippen LogP) is 4.03. The monoisotopic (exact) mass is 1280 g/mol. The summed E-state index contributed by atoms with van der Waals surface area (Å²) < 4.78 is 112. The van der Waals surface area contributed by atoms with Gasteiger partial charge in [0.15, 0.2) is 40.1 Å². The van der Waals surface area contributed by atoms with Gasteiger partial charge >= 0.3 is 17.9 Å². The Labute approximate surface area is 513 Å². The van der Waals surface area contributed by atoms with Gasteiger partial charge in [-0.1, -0.05) is 0 Å². The van der Waals surface area contributed by atoms with E-state index in [0.717, 1.165) is 151 Å². The maximum absolute atomic E-state index is 12.3. The third-order valence-corrected chi connectivity index (χ3v) is 24.2. The standard InChI is InChI=1S/3C18H24N2O4S.C6H8O7/c3*1-25(21,22)20-5-2-3-13-10-19-6-4-12-7-17-18(24-11-23-17)8-14(12)16(19)9-15(13)20;7-3(8)1-6(13,5(11)12)2-4(9)10/h3*7-8,13,15-16H,2-6,9-11H2,1H3;13H,1-2H2,(H,7,8)(H,9,10)(H,11,12)/t3*13-,15+,16+;/m111./s1. The second-order valence-corrected chi connectivity index (χ2v) is 31.5. The highest BCUT2D eigenvalue weighted by Crippen LogP contribution is 2.50. The van der Waals surface area contributed by atoms with Crippen LogP contribution in [0.4, 0.5) is 0 Å². The first-order valence-corrected chi connectivity index (χ1v) is 36.1. The minimum Gasteiger partial charge on any atom is -0.481 e. The lowest BCUT2D eigenvalue weighted by atomic mass is 9.77. The minimum absolute atomic E-state index is 0.126. The topological polar surface area (TPSA) is 309 Å². The Morgan fingerprint density at radius 1 is 0.455 bits per heavy atom. The van der Waals surface area contributed by atoms with Crippen LogP contribution >= 0.6 is 0 Å². The van der Waals surface area contributed by atoms with Crippen molar-refractivity contribution in [2.75, 3.05) is 98.0 Å². The highest BCUT2D eigenvalue weighted by Gasteiger charge is 2.49. The van der Waals surface area contributed by atoms with E-state index in [0.29, 0.717) is 57.8 Å². The van der Waals surface area contributed by atoms with Gasteiger partial charge in [0.25, 0.3) is 0 Å². The van der Waals surface area contributed by atoms with Crippen molar-refractivity contribution in [2.45, 2.75) is 132 Å². The Balaban J connectivity index is 0.000000117. The fraction of sp³-hybridized carbons (Fsp3) is 0.650. The maximum atomic E-state index is 12.3. The summed E-state index contributed by atoms with van der Waals surface area (Å²) in [5, 5.41) is 33.8. The first-order chi connectivity index (χ1) is 41.8. The predicted molar refractivity (Wildman–Crippen MR) is 317 cm³/mol. The molecule has 28 heteroatoms. The number of fused-ring (bicyclic) bond motifs is 15. The van der Waals surface area contributed by atoms with Crippen LogP contribution < -0.4 is 28.4 Å². The Hall–Kier alpha value is -5.56. The highest BCUT2D eigenvalue weighted by atomic mass is 32.2. The zero-order valence-electron chi connectivity index (χ0n) is 49.9. The van der Waals surface area contributed by atoms with Crippen molar-refractivity contribution in [2.24, 2.45) is 17.8 Å². The SMILES string of the molecule is CS(=O)(=O)N1CCC[C@@H]2CN3CCc4cc5c(cc4[C@@H]3C[C@@H]21)OCO5.CS(=O)(=O)N1CCC[C@@H]2CN3CCc4cc5c(cc4[C@@H]3C[C@@H]21)OCO5.CS(=O)(=O)N1CCC[C@@H]2CN3CCc4cc5c(cc4[C@@H]3C[C@@H]21)OCO5.O=C(O)CC(O)(CC(=O)O)C(=O)O. The zero-order chi connectivity index (χ0) is 62.2. The van der Waals surface area contributed by atoms with E-state index in [1.54, 1.807) is 12.9 Å². The van der Waals surface area contributed by atoms with Crippen molar-refractivity contribution in [3.05, 3.63) is 69.8 Å². The molecule has 4 N–H and O–H groups in total. The van der Waals surface area contributed by atoms with E-state index in [1.807, 2.05) is 0 Å². The van der Waals surface area contributed by atoms with Gasteiger partial charge in [0.05, 0.1) is 31.6 Å². The van der Waals surface area contributed by atoms with Crippen LogP contribution in [0.25, 0.3) is 0 Å². The van der Waals surface area contributed by atoms with E-state index in [1.165, 1.54) is 52.1 Å². The summed E-state index contributed by atoms with van der Waals surface area (Å²) in [5.74, 6) is 1.35. The molecule has 12 heterocycles. The number of piperidine rings is 6.